The predicted octanol–water partition coefficient (Wildman–Crippen LogP) is 3.09. The number of amides is 1. The van der Waals surface area contributed by atoms with Crippen LogP contribution in [0.4, 0.5) is 4.39 Å². The molecule has 2 aromatic heterocycles. The first kappa shape index (κ1) is 21.5. The molecule has 0 bridgehead atoms. The zero-order chi connectivity index (χ0) is 22.5. The summed E-state index contributed by atoms with van der Waals surface area (Å²) in [6.45, 7) is 0.398. The molecule has 0 spiro atoms. The van der Waals surface area contributed by atoms with Crippen molar-refractivity contribution in [3.05, 3.63) is 59.9 Å². The van der Waals surface area contributed by atoms with Crippen molar-refractivity contribution >= 4 is 17.7 Å². The zero-order valence-corrected chi connectivity index (χ0v) is 18.1. The number of halogens is 1. The van der Waals surface area contributed by atoms with E-state index >= 15 is 0 Å². The van der Waals surface area contributed by atoms with Crippen LogP contribution >= 0.6 is 11.8 Å². The van der Waals surface area contributed by atoms with Gasteiger partial charge in [0.25, 0.3) is 5.89 Å². The fourth-order valence-corrected chi connectivity index (χ4v) is 3.56. The number of rotatable bonds is 8. The molecular weight excluding hydrogens is 435 g/mol. The normalized spacial score (nSPS) is 10.8. The molecule has 1 amide bonds. The SMILES string of the molecule is COc1cccc(CNC(=O)CSc2nnc(-c3nc(-c4ccc(F)cc4)no3)n2C)c1. The number of aromatic nitrogens is 5. The van der Waals surface area contributed by atoms with E-state index in [2.05, 4.69) is 25.7 Å². The van der Waals surface area contributed by atoms with Crippen molar-refractivity contribution in [1.82, 2.24) is 30.2 Å². The highest BCUT2D eigenvalue weighted by Gasteiger charge is 2.19. The molecule has 0 unspecified atom stereocenters. The van der Waals surface area contributed by atoms with Gasteiger partial charge in [-0.15, -0.1) is 10.2 Å². The second kappa shape index (κ2) is 9.60. The standard InChI is InChI=1S/C21H19FN6O3S/c1-28-19(20-24-18(27-31-20)14-6-8-15(22)9-7-14)25-26-21(28)32-12-17(29)23-11-13-4-3-5-16(10-13)30-2/h3-10H,11-12H2,1-2H3,(H,23,29). The Morgan fingerprint density at radius 3 is 2.81 bits per heavy atom. The van der Waals surface area contributed by atoms with E-state index in [1.807, 2.05) is 24.3 Å². The Labute approximate surface area is 187 Å². The van der Waals surface area contributed by atoms with E-state index in [4.69, 9.17) is 9.26 Å². The van der Waals surface area contributed by atoms with E-state index < -0.39 is 0 Å². The average Bonchev–Trinajstić information content (AvgIpc) is 3.43. The van der Waals surface area contributed by atoms with Gasteiger partial charge in [0.05, 0.1) is 12.9 Å². The number of carbonyl (C=O) groups is 1. The number of benzene rings is 2. The van der Waals surface area contributed by atoms with E-state index in [0.717, 1.165) is 11.3 Å². The first-order chi connectivity index (χ1) is 15.5. The monoisotopic (exact) mass is 454 g/mol. The molecule has 0 aliphatic carbocycles. The van der Waals surface area contributed by atoms with Gasteiger partial charge in [0.15, 0.2) is 5.16 Å². The quantitative estimate of drug-likeness (QED) is 0.405. The molecule has 11 heteroatoms. The van der Waals surface area contributed by atoms with Gasteiger partial charge in [0.2, 0.25) is 17.6 Å². The van der Waals surface area contributed by atoms with Crippen molar-refractivity contribution in [3.8, 4) is 28.9 Å². The summed E-state index contributed by atoms with van der Waals surface area (Å²) in [6, 6.07) is 13.3. The van der Waals surface area contributed by atoms with E-state index in [1.165, 1.54) is 23.9 Å². The fraction of sp³-hybridized carbons (Fsp3) is 0.190. The molecule has 32 heavy (non-hydrogen) atoms. The highest BCUT2D eigenvalue weighted by molar-refractivity contribution is 7.99. The lowest BCUT2D eigenvalue weighted by Gasteiger charge is -2.07. The number of carbonyl (C=O) groups excluding carboxylic acids is 1. The van der Waals surface area contributed by atoms with Crippen molar-refractivity contribution in [1.29, 1.82) is 0 Å². The van der Waals surface area contributed by atoms with Gasteiger partial charge in [-0.2, -0.15) is 4.98 Å². The topological polar surface area (TPSA) is 108 Å². The molecule has 0 aliphatic rings. The second-order valence-corrected chi connectivity index (χ2v) is 7.65. The Balaban J connectivity index is 1.36. The Bertz CT molecular complexity index is 1220. The molecule has 164 valence electrons. The third-order valence-corrected chi connectivity index (χ3v) is 5.53. The molecule has 0 saturated heterocycles. The Morgan fingerprint density at radius 1 is 1.22 bits per heavy atom. The van der Waals surface area contributed by atoms with Gasteiger partial charge >= 0.3 is 0 Å². The van der Waals surface area contributed by atoms with Gasteiger partial charge < -0.3 is 19.1 Å². The van der Waals surface area contributed by atoms with Crippen LogP contribution in [0.2, 0.25) is 0 Å². The second-order valence-electron chi connectivity index (χ2n) is 6.71. The summed E-state index contributed by atoms with van der Waals surface area (Å²) in [5, 5.41) is 15.5. The Morgan fingerprint density at radius 2 is 2.03 bits per heavy atom. The lowest BCUT2D eigenvalue weighted by molar-refractivity contribution is -0.118. The molecule has 0 aliphatic heterocycles. The molecule has 2 aromatic carbocycles. The van der Waals surface area contributed by atoms with Crippen LogP contribution in [0.1, 0.15) is 5.56 Å². The summed E-state index contributed by atoms with van der Waals surface area (Å²) in [5.74, 6) is 1.27. The van der Waals surface area contributed by atoms with Crippen LogP contribution in [-0.2, 0) is 18.4 Å². The van der Waals surface area contributed by atoms with Gasteiger partial charge in [-0.1, -0.05) is 29.1 Å². The first-order valence-electron chi connectivity index (χ1n) is 9.55. The van der Waals surface area contributed by atoms with E-state index in [-0.39, 0.29) is 23.4 Å². The maximum atomic E-state index is 13.1. The summed E-state index contributed by atoms with van der Waals surface area (Å²) in [4.78, 5) is 16.5. The van der Waals surface area contributed by atoms with Crippen LogP contribution in [0.15, 0.2) is 58.2 Å². The van der Waals surface area contributed by atoms with Crippen LogP contribution in [0.25, 0.3) is 23.1 Å². The van der Waals surface area contributed by atoms with Gasteiger partial charge in [0.1, 0.15) is 11.6 Å². The Hall–Kier alpha value is -3.73. The van der Waals surface area contributed by atoms with Gasteiger partial charge in [-0.05, 0) is 42.0 Å². The van der Waals surface area contributed by atoms with Crippen molar-refractivity contribution in [2.75, 3.05) is 12.9 Å². The molecule has 0 radical (unpaired) electrons. The maximum absolute atomic E-state index is 13.1. The number of hydrogen-bond acceptors (Lipinski definition) is 8. The maximum Gasteiger partial charge on any atom is 0.296 e. The van der Waals surface area contributed by atoms with E-state index in [1.54, 1.807) is 30.9 Å². The number of ether oxygens (including phenoxy) is 1. The minimum Gasteiger partial charge on any atom is -0.497 e. The molecule has 0 fully saturated rings. The van der Waals surface area contributed by atoms with Crippen LogP contribution < -0.4 is 10.1 Å². The summed E-state index contributed by atoms with van der Waals surface area (Å²) >= 11 is 1.24. The highest BCUT2D eigenvalue weighted by atomic mass is 32.2. The van der Waals surface area contributed by atoms with Crippen LogP contribution in [-0.4, -0.2) is 43.7 Å². The molecule has 0 atom stereocenters. The third kappa shape index (κ3) is 4.94. The van der Waals surface area contributed by atoms with E-state index in [9.17, 15) is 9.18 Å². The summed E-state index contributed by atoms with van der Waals surface area (Å²) in [7, 11) is 3.34. The van der Waals surface area contributed by atoms with Crippen LogP contribution in [0.3, 0.4) is 0 Å². The van der Waals surface area contributed by atoms with Gasteiger partial charge in [0, 0.05) is 19.2 Å². The number of nitrogens with zero attached hydrogens (tertiary/aromatic N) is 5. The largest absolute Gasteiger partial charge is 0.497 e. The van der Waals surface area contributed by atoms with Crippen molar-refractivity contribution < 1.29 is 18.4 Å². The number of nitrogens with one attached hydrogen (secondary N) is 1. The number of methoxy groups -OCH3 is 1. The predicted molar refractivity (Wildman–Crippen MR) is 115 cm³/mol. The molecule has 4 aromatic rings. The summed E-state index contributed by atoms with van der Waals surface area (Å²) in [6.07, 6.45) is 0. The van der Waals surface area contributed by atoms with Crippen molar-refractivity contribution in [3.63, 3.8) is 0 Å². The molecule has 9 nitrogen and oxygen atoms in total. The molecule has 0 saturated carbocycles. The van der Waals surface area contributed by atoms with Crippen LogP contribution in [0, 0.1) is 5.82 Å². The van der Waals surface area contributed by atoms with Gasteiger partial charge in [-0.3, -0.25) is 4.79 Å². The molecule has 2 heterocycles. The fourth-order valence-electron chi connectivity index (χ4n) is 2.82. The highest BCUT2D eigenvalue weighted by Crippen LogP contribution is 2.24. The average molecular weight is 454 g/mol. The minimum absolute atomic E-state index is 0.140. The Kier molecular flexibility index (Phi) is 6.45. The summed E-state index contributed by atoms with van der Waals surface area (Å²) in [5.41, 5.74) is 1.56. The zero-order valence-electron chi connectivity index (χ0n) is 17.3. The minimum atomic E-state index is -0.347. The number of thioether (sulfide) groups is 1. The lowest BCUT2D eigenvalue weighted by atomic mass is 10.2. The molecule has 4 rings (SSSR count). The first-order valence-corrected chi connectivity index (χ1v) is 10.5. The van der Waals surface area contributed by atoms with Crippen molar-refractivity contribution in [2.45, 2.75) is 11.7 Å². The summed E-state index contributed by atoms with van der Waals surface area (Å²) < 4.78 is 25.2. The van der Waals surface area contributed by atoms with Crippen molar-refractivity contribution in [2.24, 2.45) is 7.05 Å². The van der Waals surface area contributed by atoms with Crippen LogP contribution in [0.5, 0.6) is 5.75 Å². The van der Waals surface area contributed by atoms with E-state index in [0.29, 0.717) is 28.9 Å². The van der Waals surface area contributed by atoms with Gasteiger partial charge in [-0.25, -0.2) is 4.39 Å². The third-order valence-electron chi connectivity index (χ3n) is 4.51. The molecule has 1 N–H and O–H groups in total. The number of hydrogen-bond donors (Lipinski definition) is 1. The molecular formula is C21H19FN6O3S. The lowest BCUT2D eigenvalue weighted by Crippen LogP contribution is -2.24. The smallest absolute Gasteiger partial charge is 0.296 e.